The Labute approximate surface area is 186 Å². The lowest BCUT2D eigenvalue weighted by atomic mass is 10.00. The van der Waals surface area contributed by atoms with Crippen LogP contribution in [0.25, 0.3) is 0 Å². The molecule has 150 valence electrons. The number of rotatable bonds is 3. The molecule has 1 N–H and O–H groups in total. The van der Waals surface area contributed by atoms with Crippen LogP contribution in [-0.2, 0) is 4.79 Å². The first-order valence-electron chi connectivity index (χ1n) is 9.22. The van der Waals surface area contributed by atoms with Crippen LogP contribution in [0.15, 0.2) is 77.8 Å². The van der Waals surface area contributed by atoms with Gasteiger partial charge in [-0.25, -0.2) is 9.38 Å². The Morgan fingerprint density at radius 3 is 2.47 bits per heavy atom. The lowest BCUT2D eigenvalue weighted by Gasteiger charge is -2.20. The second-order valence-corrected chi connectivity index (χ2v) is 8.00. The largest absolute Gasteiger partial charge is 0.322 e. The molecule has 1 aliphatic rings. The minimum atomic E-state index is -1.19. The van der Waals surface area contributed by atoms with Gasteiger partial charge in [0.15, 0.2) is 0 Å². The number of nitrogens with one attached hydrogen (secondary N) is 1. The van der Waals surface area contributed by atoms with Crippen molar-refractivity contribution in [1.29, 1.82) is 0 Å². The van der Waals surface area contributed by atoms with Gasteiger partial charge >= 0.3 is 0 Å². The van der Waals surface area contributed by atoms with Crippen molar-refractivity contribution in [2.75, 3.05) is 11.9 Å². The van der Waals surface area contributed by atoms with Gasteiger partial charge in [0.1, 0.15) is 5.82 Å². The summed E-state index contributed by atoms with van der Waals surface area (Å²) in [5.74, 6) is -1.29. The van der Waals surface area contributed by atoms with E-state index in [-0.39, 0.29) is 5.56 Å². The van der Waals surface area contributed by atoms with Gasteiger partial charge in [-0.2, -0.15) is 0 Å². The van der Waals surface area contributed by atoms with Crippen LogP contribution in [0, 0.1) is 9.39 Å². The topological polar surface area (TPSA) is 61.8 Å². The highest BCUT2D eigenvalue weighted by molar-refractivity contribution is 14.1. The highest BCUT2D eigenvalue weighted by Crippen LogP contribution is 2.28. The van der Waals surface area contributed by atoms with Crippen molar-refractivity contribution in [1.82, 2.24) is 5.32 Å². The van der Waals surface area contributed by atoms with Crippen LogP contribution < -0.4 is 10.2 Å². The third kappa shape index (κ3) is 3.85. The molecule has 4 rings (SSSR count). The first kappa shape index (κ1) is 20.2. The maximum atomic E-state index is 14.6. The number of carbonyl (C=O) groups excluding carboxylic acids is 2. The first-order chi connectivity index (χ1) is 14.5. The van der Waals surface area contributed by atoms with Crippen molar-refractivity contribution < 1.29 is 14.0 Å². The lowest BCUT2D eigenvalue weighted by Crippen LogP contribution is -2.46. The van der Waals surface area contributed by atoms with Crippen molar-refractivity contribution in [3.8, 4) is 0 Å². The number of aliphatic imine (C=N–C) groups is 1. The van der Waals surface area contributed by atoms with E-state index in [4.69, 9.17) is 0 Å². The quantitative estimate of drug-likeness (QED) is 0.539. The Morgan fingerprint density at radius 1 is 1.03 bits per heavy atom. The van der Waals surface area contributed by atoms with Crippen molar-refractivity contribution >= 4 is 45.8 Å². The Hall–Kier alpha value is -3.07. The molecule has 0 saturated carbocycles. The fourth-order valence-electron chi connectivity index (χ4n) is 3.32. The smallest absolute Gasteiger partial charge is 0.272 e. The van der Waals surface area contributed by atoms with Crippen LogP contribution >= 0.6 is 22.6 Å². The van der Waals surface area contributed by atoms with Gasteiger partial charge in [-0.3, -0.25) is 9.59 Å². The van der Waals surface area contributed by atoms with Gasteiger partial charge in [-0.1, -0.05) is 36.4 Å². The molecule has 30 heavy (non-hydrogen) atoms. The summed E-state index contributed by atoms with van der Waals surface area (Å²) in [7, 11) is 1.62. The molecule has 0 bridgehead atoms. The zero-order valence-electron chi connectivity index (χ0n) is 16.0. The first-order valence-corrected chi connectivity index (χ1v) is 10.3. The molecule has 1 atom stereocenters. The summed E-state index contributed by atoms with van der Waals surface area (Å²) in [5.41, 5.74) is 2.21. The number of benzene rings is 3. The molecule has 0 fully saturated rings. The number of fused-ring (bicyclic) bond motifs is 1. The van der Waals surface area contributed by atoms with E-state index in [2.05, 4.69) is 32.9 Å². The summed E-state index contributed by atoms with van der Waals surface area (Å²) < 4.78 is 15.5. The molecular weight excluding hydrogens is 496 g/mol. The maximum absolute atomic E-state index is 14.6. The summed E-state index contributed by atoms with van der Waals surface area (Å²) in [6.45, 7) is 0. The van der Waals surface area contributed by atoms with E-state index < -0.39 is 23.8 Å². The molecule has 0 spiro atoms. The van der Waals surface area contributed by atoms with Crippen molar-refractivity contribution in [3.05, 3.63) is 98.9 Å². The number of anilines is 1. The molecule has 2 amide bonds. The molecule has 0 radical (unpaired) electrons. The third-order valence-corrected chi connectivity index (χ3v) is 5.50. The SMILES string of the molecule is CN1C(=O)[C@H](NC(=O)c2cccc(I)c2)N=C(c2ccccc2F)c2ccccc21. The van der Waals surface area contributed by atoms with Gasteiger partial charge in [-0.05, 0) is 59.0 Å². The van der Waals surface area contributed by atoms with Crippen LogP contribution in [-0.4, -0.2) is 30.7 Å². The van der Waals surface area contributed by atoms with E-state index in [1.165, 1.54) is 11.0 Å². The predicted molar refractivity (Wildman–Crippen MR) is 122 cm³/mol. The average molecular weight is 513 g/mol. The monoisotopic (exact) mass is 513 g/mol. The molecular formula is C23H17FIN3O2. The minimum absolute atomic E-state index is 0.265. The average Bonchev–Trinajstić information content (AvgIpc) is 2.85. The number of hydrogen-bond donors (Lipinski definition) is 1. The van der Waals surface area contributed by atoms with E-state index >= 15 is 0 Å². The third-order valence-electron chi connectivity index (χ3n) is 4.83. The molecule has 3 aromatic carbocycles. The van der Waals surface area contributed by atoms with Crippen LogP contribution in [0.1, 0.15) is 21.5 Å². The Kier molecular flexibility index (Phi) is 5.63. The number of likely N-dealkylation sites (N-methyl/N-ethyl adjacent to an activating group) is 1. The summed E-state index contributed by atoms with van der Waals surface area (Å²) in [6.07, 6.45) is -1.19. The van der Waals surface area contributed by atoms with Gasteiger partial charge in [0.05, 0.1) is 11.4 Å². The van der Waals surface area contributed by atoms with Gasteiger partial charge in [-0.15, -0.1) is 0 Å². The number of benzodiazepines with no additional fused rings is 1. The number of para-hydroxylation sites is 1. The zero-order chi connectivity index (χ0) is 21.3. The van der Waals surface area contributed by atoms with Crippen LogP contribution in [0.4, 0.5) is 10.1 Å². The van der Waals surface area contributed by atoms with E-state index in [9.17, 15) is 14.0 Å². The number of carbonyl (C=O) groups is 2. The Bertz CT molecular complexity index is 1180. The van der Waals surface area contributed by atoms with Gasteiger partial charge in [0.2, 0.25) is 6.17 Å². The minimum Gasteiger partial charge on any atom is -0.322 e. The predicted octanol–water partition coefficient (Wildman–Crippen LogP) is 4.00. The normalized spacial score (nSPS) is 15.8. The molecule has 5 nitrogen and oxygen atoms in total. The van der Waals surface area contributed by atoms with Crippen LogP contribution in [0.3, 0.4) is 0 Å². The molecule has 0 aliphatic carbocycles. The van der Waals surface area contributed by atoms with Crippen LogP contribution in [0.5, 0.6) is 0 Å². The number of amides is 2. The summed E-state index contributed by atoms with van der Waals surface area (Å²) in [4.78, 5) is 31.9. The second kappa shape index (κ2) is 8.35. The van der Waals surface area contributed by atoms with Crippen molar-refractivity contribution in [2.24, 2.45) is 4.99 Å². The van der Waals surface area contributed by atoms with E-state index in [1.807, 2.05) is 6.07 Å². The molecule has 0 unspecified atom stereocenters. The number of nitrogens with zero attached hydrogens (tertiary/aromatic N) is 2. The summed E-state index contributed by atoms with van der Waals surface area (Å²) in [6, 6.07) is 20.4. The Morgan fingerprint density at radius 2 is 1.73 bits per heavy atom. The molecule has 1 aliphatic heterocycles. The van der Waals surface area contributed by atoms with E-state index in [0.29, 0.717) is 22.5 Å². The maximum Gasteiger partial charge on any atom is 0.272 e. The van der Waals surface area contributed by atoms with Crippen molar-refractivity contribution in [2.45, 2.75) is 6.17 Å². The highest BCUT2D eigenvalue weighted by atomic mass is 127. The lowest BCUT2D eigenvalue weighted by molar-refractivity contribution is -0.119. The fraction of sp³-hybridized carbons (Fsp3) is 0.0870. The number of halogens is 2. The standard InChI is InChI=1S/C23H17FIN3O2/c1-28-19-12-5-3-10-17(19)20(16-9-2-4-11-18(16)24)26-21(23(28)30)27-22(29)14-7-6-8-15(25)13-14/h2-13,21H,1H3,(H,27,29)/t21-/m0/s1. The van der Waals surface area contributed by atoms with Gasteiger partial charge in [0.25, 0.3) is 11.8 Å². The van der Waals surface area contributed by atoms with E-state index in [1.54, 1.807) is 67.7 Å². The van der Waals surface area contributed by atoms with Gasteiger partial charge in [0, 0.05) is 27.3 Å². The summed E-state index contributed by atoms with van der Waals surface area (Å²) >= 11 is 2.11. The summed E-state index contributed by atoms with van der Waals surface area (Å²) in [5, 5.41) is 2.69. The Balaban J connectivity index is 1.81. The molecule has 3 aromatic rings. The zero-order valence-corrected chi connectivity index (χ0v) is 18.1. The molecule has 1 heterocycles. The van der Waals surface area contributed by atoms with Crippen molar-refractivity contribution in [3.63, 3.8) is 0 Å². The fourth-order valence-corrected chi connectivity index (χ4v) is 3.86. The van der Waals surface area contributed by atoms with E-state index in [0.717, 1.165) is 3.57 Å². The highest BCUT2D eigenvalue weighted by Gasteiger charge is 2.31. The molecule has 0 aromatic heterocycles. The molecule has 0 saturated heterocycles. The molecule has 7 heteroatoms. The van der Waals surface area contributed by atoms with Gasteiger partial charge < -0.3 is 10.2 Å². The second-order valence-electron chi connectivity index (χ2n) is 6.76. The van der Waals surface area contributed by atoms with Crippen LogP contribution in [0.2, 0.25) is 0 Å². The number of hydrogen-bond acceptors (Lipinski definition) is 3.